The average Bonchev–Trinajstić information content (AvgIpc) is 2.25. The molecule has 0 aromatic rings. The summed E-state index contributed by atoms with van der Waals surface area (Å²) in [5.74, 6) is 1.29. The standard InChI is InChI=1S/C11H25N2OP/c1-2-5-9(8-14-15-13)10-6-3-4-7-11(10)12/h9-11,15H,2-8,12-13H2,1H3/t9-,10-,11-/m1/s1. The molecule has 0 aliphatic heterocycles. The summed E-state index contributed by atoms with van der Waals surface area (Å²) in [6.45, 7) is 3.03. The van der Waals surface area contributed by atoms with Crippen LogP contribution in [0.2, 0.25) is 0 Å². The highest BCUT2D eigenvalue weighted by atomic mass is 31.1. The maximum atomic E-state index is 6.20. The molecule has 1 rings (SSSR count). The van der Waals surface area contributed by atoms with Gasteiger partial charge in [0.1, 0.15) is 0 Å². The molecule has 0 aromatic carbocycles. The number of hydrogen-bond donors (Lipinski definition) is 2. The zero-order chi connectivity index (χ0) is 11.1. The van der Waals surface area contributed by atoms with E-state index in [1.165, 1.54) is 38.5 Å². The van der Waals surface area contributed by atoms with Crippen molar-refractivity contribution in [3.63, 3.8) is 0 Å². The lowest BCUT2D eigenvalue weighted by Crippen LogP contribution is -2.39. The third kappa shape index (κ3) is 4.36. The van der Waals surface area contributed by atoms with Crippen molar-refractivity contribution in [2.75, 3.05) is 6.61 Å². The van der Waals surface area contributed by atoms with Crippen LogP contribution in [0.5, 0.6) is 0 Å². The summed E-state index contributed by atoms with van der Waals surface area (Å²) >= 11 is 0. The van der Waals surface area contributed by atoms with E-state index in [1.807, 2.05) is 0 Å². The van der Waals surface area contributed by atoms with Crippen molar-refractivity contribution in [2.45, 2.75) is 51.5 Å². The van der Waals surface area contributed by atoms with Crippen LogP contribution in [0.4, 0.5) is 0 Å². The van der Waals surface area contributed by atoms with Gasteiger partial charge >= 0.3 is 0 Å². The van der Waals surface area contributed by atoms with Crippen LogP contribution in [0.1, 0.15) is 45.4 Å². The molecular formula is C11H25N2OP. The Morgan fingerprint density at radius 1 is 1.40 bits per heavy atom. The maximum Gasteiger partial charge on any atom is 0.0833 e. The minimum absolute atomic E-state index is 0.121. The van der Waals surface area contributed by atoms with E-state index in [0.717, 1.165) is 6.61 Å². The fourth-order valence-electron chi connectivity index (χ4n) is 2.72. The van der Waals surface area contributed by atoms with E-state index in [-0.39, 0.29) is 8.96 Å². The van der Waals surface area contributed by atoms with E-state index >= 15 is 0 Å². The van der Waals surface area contributed by atoms with E-state index in [1.54, 1.807) is 0 Å². The summed E-state index contributed by atoms with van der Waals surface area (Å²) in [6, 6.07) is 0.389. The Morgan fingerprint density at radius 3 is 2.73 bits per heavy atom. The van der Waals surface area contributed by atoms with Crippen LogP contribution >= 0.6 is 8.96 Å². The van der Waals surface area contributed by atoms with Gasteiger partial charge in [-0.2, -0.15) is 0 Å². The molecule has 3 nitrogen and oxygen atoms in total. The second kappa shape index (κ2) is 7.56. The van der Waals surface area contributed by atoms with Gasteiger partial charge in [-0.15, -0.1) is 0 Å². The lowest BCUT2D eigenvalue weighted by molar-refractivity contribution is 0.147. The molecule has 0 bridgehead atoms. The highest BCUT2D eigenvalue weighted by Gasteiger charge is 2.28. The van der Waals surface area contributed by atoms with Crippen LogP contribution in [-0.4, -0.2) is 12.6 Å². The second-order valence-corrected chi connectivity index (χ2v) is 5.11. The Kier molecular flexibility index (Phi) is 6.74. The van der Waals surface area contributed by atoms with Gasteiger partial charge in [0.2, 0.25) is 0 Å². The molecule has 1 unspecified atom stereocenters. The predicted octanol–water partition coefficient (Wildman–Crippen LogP) is 2.40. The first kappa shape index (κ1) is 13.4. The Morgan fingerprint density at radius 2 is 2.13 bits per heavy atom. The van der Waals surface area contributed by atoms with Gasteiger partial charge in [-0.1, -0.05) is 26.2 Å². The van der Waals surface area contributed by atoms with Crippen LogP contribution in [0.25, 0.3) is 0 Å². The molecular weight excluding hydrogens is 207 g/mol. The normalized spacial score (nSPS) is 29.8. The Hall–Kier alpha value is 0.310. The van der Waals surface area contributed by atoms with Crippen molar-refractivity contribution < 1.29 is 4.52 Å². The minimum atomic E-state index is 0.121. The topological polar surface area (TPSA) is 61.3 Å². The summed E-state index contributed by atoms with van der Waals surface area (Å²) in [7, 11) is 0.121. The van der Waals surface area contributed by atoms with Crippen LogP contribution in [0.3, 0.4) is 0 Å². The fourth-order valence-corrected chi connectivity index (χ4v) is 3.03. The highest BCUT2D eigenvalue weighted by Crippen LogP contribution is 2.32. The molecule has 0 aromatic heterocycles. The molecule has 1 aliphatic carbocycles. The summed E-state index contributed by atoms with van der Waals surface area (Å²) < 4.78 is 5.40. The first-order chi connectivity index (χ1) is 7.29. The van der Waals surface area contributed by atoms with Gasteiger partial charge in [0.15, 0.2) is 0 Å². The molecule has 1 saturated carbocycles. The molecule has 0 spiro atoms. The molecule has 4 heteroatoms. The molecule has 1 aliphatic rings. The van der Waals surface area contributed by atoms with Gasteiger partial charge in [-0.25, -0.2) is 0 Å². The molecule has 4 atom stereocenters. The SMILES string of the molecule is CCC[C@H](COPN)[C@H]1CCCC[C@H]1N. The summed E-state index contributed by atoms with van der Waals surface area (Å²) in [4.78, 5) is 0. The molecule has 0 amide bonds. The first-order valence-electron chi connectivity index (χ1n) is 6.12. The van der Waals surface area contributed by atoms with Crippen molar-refractivity contribution in [2.24, 2.45) is 23.1 Å². The Balaban J connectivity index is 2.44. The van der Waals surface area contributed by atoms with Crippen LogP contribution in [0.15, 0.2) is 0 Å². The van der Waals surface area contributed by atoms with Gasteiger partial charge in [0.25, 0.3) is 0 Å². The Labute approximate surface area is 95.2 Å². The van der Waals surface area contributed by atoms with Crippen molar-refractivity contribution in [1.82, 2.24) is 0 Å². The second-order valence-electron chi connectivity index (χ2n) is 4.59. The van der Waals surface area contributed by atoms with E-state index in [2.05, 4.69) is 6.92 Å². The highest BCUT2D eigenvalue weighted by molar-refractivity contribution is 7.29. The molecule has 4 N–H and O–H groups in total. The zero-order valence-corrected chi connectivity index (χ0v) is 10.7. The molecule has 90 valence electrons. The summed E-state index contributed by atoms with van der Waals surface area (Å²) in [5, 5.41) is 0. The quantitative estimate of drug-likeness (QED) is 0.691. The molecule has 15 heavy (non-hydrogen) atoms. The number of nitrogens with two attached hydrogens (primary N) is 2. The molecule has 0 heterocycles. The molecule has 0 saturated heterocycles. The molecule has 1 fully saturated rings. The van der Waals surface area contributed by atoms with Crippen molar-refractivity contribution >= 4 is 8.96 Å². The Bertz CT molecular complexity index is 169. The number of rotatable bonds is 6. The van der Waals surface area contributed by atoms with Gasteiger partial charge in [-0.05, 0) is 31.1 Å². The van der Waals surface area contributed by atoms with Crippen LogP contribution in [0, 0.1) is 11.8 Å². The van der Waals surface area contributed by atoms with Crippen LogP contribution < -0.4 is 11.2 Å². The van der Waals surface area contributed by atoms with E-state index in [4.69, 9.17) is 15.8 Å². The summed E-state index contributed by atoms with van der Waals surface area (Å²) in [6.07, 6.45) is 7.55. The van der Waals surface area contributed by atoms with Gasteiger partial charge in [-0.3, -0.25) is 5.50 Å². The third-order valence-corrected chi connectivity index (χ3v) is 3.85. The summed E-state index contributed by atoms with van der Waals surface area (Å²) in [5.41, 5.74) is 11.6. The lowest BCUT2D eigenvalue weighted by atomic mass is 9.75. The van der Waals surface area contributed by atoms with Crippen molar-refractivity contribution in [3.05, 3.63) is 0 Å². The lowest BCUT2D eigenvalue weighted by Gasteiger charge is -2.35. The first-order valence-corrected chi connectivity index (χ1v) is 7.11. The van der Waals surface area contributed by atoms with Gasteiger partial charge in [0.05, 0.1) is 15.6 Å². The van der Waals surface area contributed by atoms with Crippen molar-refractivity contribution in [3.8, 4) is 0 Å². The maximum absolute atomic E-state index is 6.20. The fraction of sp³-hybridized carbons (Fsp3) is 1.00. The van der Waals surface area contributed by atoms with Crippen LogP contribution in [-0.2, 0) is 4.52 Å². The van der Waals surface area contributed by atoms with E-state index in [0.29, 0.717) is 17.9 Å². The third-order valence-electron chi connectivity index (χ3n) is 3.52. The van der Waals surface area contributed by atoms with Crippen molar-refractivity contribution in [1.29, 1.82) is 0 Å². The van der Waals surface area contributed by atoms with Gasteiger partial charge < -0.3 is 10.3 Å². The van der Waals surface area contributed by atoms with E-state index < -0.39 is 0 Å². The zero-order valence-electron chi connectivity index (χ0n) is 9.74. The average molecular weight is 232 g/mol. The largest absolute Gasteiger partial charge is 0.346 e. The molecule has 0 radical (unpaired) electrons. The minimum Gasteiger partial charge on any atom is -0.346 e. The predicted molar refractivity (Wildman–Crippen MR) is 66.8 cm³/mol. The van der Waals surface area contributed by atoms with Gasteiger partial charge in [0, 0.05) is 6.04 Å². The monoisotopic (exact) mass is 232 g/mol. The smallest absolute Gasteiger partial charge is 0.0833 e. The van der Waals surface area contributed by atoms with E-state index in [9.17, 15) is 0 Å². The number of hydrogen-bond acceptors (Lipinski definition) is 3.